The maximum atomic E-state index is 9.97. The second-order valence-electron chi connectivity index (χ2n) is 5.97. The summed E-state index contributed by atoms with van der Waals surface area (Å²) in [6.07, 6.45) is 18.3. The van der Waals surface area contributed by atoms with Gasteiger partial charge in [-0.05, 0) is 31.8 Å². The SMILES string of the molecule is C/C1=C(/O)CCCCCCCCCCCCCC1. The zero-order valence-electron chi connectivity index (χ0n) is 12.3. The van der Waals surface area contributed by atoms with Crippen LogP contribution >= 0.6 is 0 Å². The van der Waals surface area contributed by atoms with E-state index >= 15 is 0 Å². The van der Waals surface area contributed by atoms with Crippen LogP contribution in [0.25, 0.3) is 0 Å². The summed E-state index contributed by atoms with van der Waals surface area (Å²) in [4.78, 5) is 0. The highest BCUT2D eigenvalue weighted by Gasteiger charge is 2.02. The zero-order valence-corrected chi connectivity index (χ0v) is 12.3. The number of hydrogen-bond donors (Lipinski definition) is 1. The van der Waals surface area contributed by atoms with Crippen molar-refractivity contribution in [3.05, 3.63) is 11.3 Å². The minimum absolute atomic E-state index is 0.682. The molecule has 0 aromatic carbocycles. The Labute approximate surface area is 114 Å². The highest BCUT2D eigenvalue weighted by molar-refractivity contribution is 5.04. The van der Waals surface area contributed by atoms with Crippen LogP contribution in [-0.2, 0) is 0 Å². The first kappa shape index (κ1) is 15.6. The molecule has 0 heterocycles. The van der Waals surface area contributed by atoms with Crippen molar-refractivity contribution in [3.63, 3.8) is 0 Å². The molecular formula is C17H32O. The predicted molar refractivity (Wildman–Crippen MR) is 80.0 cm³/mol. The molecule has 0 aromatic rings. The van der Waals surface area contributed by atoms with Crippen LogP contribution in [-0.4, -0.2) is 5.11 Å². The van der Waals surface area contributed by atoms with Gasteiger partial charge in [-0.1, -0.05) is 64.2 Å². The monoisotopic (exact) mass is 252 g/mol. The van der Waals surface area contributed by atoms with Crippen molar-refractivity contribution in [2.24, 2.45) is 0 Å². The quantitative estimate of drug-likeness (QED) is 0.537. The molecule has 0 bridgehead atoms. The molecule has 106 valence electrons. The van der Waals surface area contributed by atoms with Gasteiger partial charge in [0.25, 0.3) is 0 Å². The molecule has 1 heteroatoms. The van der Waals surface area contributed by atoms with Crippen LogP contribution in [0.2, 0.25) is 0 Å². The second-order valence-corrected chi connectivity index (χ2v) is 5.97. The van der Waals surface area contributed by atoms with Crippen LogP contribution in [0.3, 0.4) is 0 Å². The number of hydrogen-bond acceptors (Lipinski definition) is 1. The van der Waals surface area contributed by atoms with Crippen LogP contribution in [0, 0.1) is 0 Å². The number of aliphatic hydroxyl groups excluding tert-OH is 1. The van der Waals surface area contributed by atoms with Crippen LogP contribution in [0.15, 0.2) is 11.3 Å². The lowest BCUT2D eigenvalue weighted by atomic mass is 10.0. The molecule has 1 aliphatic carbocycles. The smallest absolute Gasteiger partial charge is 0.0911 e. The van der Waals surface area contributed by atoms with Crippen LogP contribution in [0.1, 0.15) is 96.8 Å². The Balaban J connectivity index is 2.29. The molecule has 0 atom stereocenters. The lowest BCUT2D eigenvalue weighted by molar-refractivity contribution is 0.369. The van der Waals surface area contributed by atoms with Gasteiger partial charge in [0.05, 0.1) is 5.76 Å². The van der Waals surface area contributed by atoms with Crippen molar-refractivity contribution in [1.29, 1.82) is 0 Å². The average molecular weight is 252 g/mol. The third-order valence-corrected chi connectivity index (χ3v) is 4.21. The summed E-state index contributed by atoms with van der Waals surface area (Å²) in [5, 5.41) is 9.97. The molecule has 0 unspecified atom stereocenters. The number of allylic oxidation sites excluding steroid dienone is 2. The van der Waals surface area contributed by atoms with E-state index in [0.717, 1.165) is 12.8 Å². The van der Waals surface area contributed by atoms with Crippen LogP contribution in [0.5, 0.6) is 0 Å². The Bertz CT molecular complexity index is 206. The van der Waals surface area contributed by atoms with E-state index in [-0.39, 0.29) is 0 Å². The molecule has 1 rings (SSSR count). The van der Waals surface area contributed by atoms with Crippen LogP contribution in [0.4, 0.5) is 0 Å². The molecule has 1 aliphatic rings. The summed E-state index contributed by atoms with van der Waals surface area (Å²) in [6.45, 7) is 2.11. The molecule has 1 nitrogen and oxygen atoms in total. The van der Waals surface area contributed by atoms with Gasteiger partial charge < -0.3 is 5.11 Å². The minimum Gasteiger partial charge on any atom is -0.512 e. The van der Waals surface area contributed by atoms with Crippen molar-refractivity contribution in [2.75, 3.05) is 0 Å². The summed E-state index contributed by atoms with van der Waals surface area (Å²) in [5.41, 5.74) is 1.24. The molecule has 0 aromatic heterocycles. The largest absolute Gasteiger partial charge is 0.512 e. The van der Waals surface area contributed by atoms with E-state index in [9.17, 15) is 5.11 Å². The third kappa shape index (κ3) is 7.79. The highest BCUT2D eigenvalue weighted by Crippen LogP contribution is 2.19. The van der Waals surface area contributed by atoms with E-state index < -0.39 is 0 Å². The first-order valence-corrected chi connectivity index (χ1v) is 8.18. The summed E-state index contributed by atoms with van der Waals surface area (Å²) >= 11 is 0. The van der Waals surface area contributed by atoms with Gasteiger partial charge in [0.15, 0.2) is 0 Å². The van der Waals surface area contributed by atoms with E-state index in [1.165, 1.54) is 82.6 Å². The van der Waals surface area contributed by atoms with Crippen molar-refractivity contribution in [1.82, 2.24) is 0 Å². The van der Waals surface area contributed by atoms with Gasteiger partial charge >= 0.3 is 0 Å². The molecule has 0 fully saturated rings. The van der Waals surface area contributed by atoms with Gasteiger partial charge in [0.1, 0.15) is 0 Å². The Morgan fingerprint density at radius 1 is 0.556 bits per heavy atom. The van der Waals surface area contributed by atoms with Crippen molar-refractivity contribution < 1.29 is 5.11 Å². The maximum absolute atomic E-state index is 9.97. The summed E-state index contributed by atoms with van der Waals surface area (Å²) in [6, 6.07) is 0. The Hall–Kier alpha value is -0.460. The molecule has 0 saturated heterocycles. The Kier molecular flexibility index (Phi) is 9.06. The van der Waals surface area contributed by atoms with Gasteiger partial charge in [-0.25, -0.2) is 0 Å². The maximum Gasteiger partial charge on any atom is 0.0911 e. The molecule has 1 N–H and O–H groups in total. The van der Waals surface area contributed by atoms with Gasteiger partial charge in [0, 0.05) is 6.42 Å². The van der Waals surface area contributed by atoms with Gasteiger partial charge in [0.2, 0.25) is 0 Å². The fourth-order valence-corrected chi connectivity index (χ4v) is 2.81. The fraction of sp³-hybridized carbons (Fsp3) is 0.882. The normalized spacial score (nSPS) is 26.9. The predicted octanol–water partition coefficient (Wildman–Crippen LogP) is 6.29. The molecule has 0 amide bonds. The summed E-state index contributed by atoms with van der Waals surface area (Å²) < 4.78 is 0. The van der Waals surface area contributed by atoms with Gasteiger partial charge in [-0.15, -0.1) is 0 Å². The number of rotatable bonds is 0. The Morgan fingerprint density at radius 3 is 1.33 bits per heavy atom. The number of aliphatic hydroxyl groups is 1. The molecule has 0 spiro atoms. The zero-order chi connectivity index (χ0) is 13.1. The van der Waals surface area contributed by atoms with Gasteiger partial charge in [-0.3, -0.25) is 0 Å². The second kappa shape index (κ2) is 10.5. The summed E-state index contributed by atoms with van der Waals surface area (Å²) in [7, 11) is 0. The van der Waals surface area contributed by atoms with E-state index in [4.69, 9.17) is 0 Å². The van der Waals surface area contributed by atoms with Crippen LogP contribution < -0.4 is 0 Å². The first-order valence-electron chi connectivity index (χ1n) is 8.18. The minimum atomic E-state index is 0.682. The molecular weight excluding hydrogens is 220 g/mol. The van der Waals surface area contributed by atoms with Crippen molar-refractivity contribution in [2.45, 2.75) is 96.8 Å². The third-order valence-electron chi connectivity index (χ3n) is 4.21. The first-order chi connectivity index (χ1) is 8.80. The van der Waals surface area contributed by atoms with E-state index in [1.54, 1.807) is 0 Å². The Morgan fingerprint density at radius 2 is 0.889 bits per heavy atom. The topological polar surface area (TPSA) is 20.2 Å². The molecule has 0 saturated carbocycles. The molecule has 0 aliphatic heterocycles. The lowest BCUT2D eigenvalue weighted by Gasteiger charge is -2.08. The molecule has 18 heavy (non-hydrogen) atoms. The average Bonchev–Trinajstić information content (AvgIpc) is 2.37. The lowest BCUT2D eigenvalue weighted by Crippen LogP contribution is -1.91. The fourth-order valence-electron chi connectivity index (χ4n) is 2.81. The standard InChI is InChI=1S/C17H32O/c1-16-14-12-10-8-6-4-2-3-5-7-9-11-13-15-17(16)18/h18H,2-15H2,1H3/b17-16-. The van der Waals surface area contributed by atoms with E-state index in [0.29, 0.717) is 5.76 Å². The highest BCUT2D eigenvalue weighted by atomic mass is 16.3. The van der Waals surface area contributed by atoms with Crippen molar-refractivity contribution in [3.8, 4) is 0 Å². The van der Waals surface area contributed by atoms with Crippen molar-refractivity contribution >= 4 is 0 Å². The molecule has 0 radical (unpaired) electrons. The van der Waals surface area contributed by atoms with E-state index in [2.05, 4.69) is 6.92 Å². The van der Waals surface area contributed by atoms with Gasteiger partial charge in [-0.2, -0.15) is 0 Å². The van der Waals surface area contributed by atoms with E-state index in [1.807, 2.05) is 0 Å². The summed E-state index contributed by atoms with van der Waals surface area (Å²) in [5.74, 6) is 0.682.